The van der Waals surface area contributed by atoms with E-state index in [4.69, 9.17) is 9.47 Å². The first-order chi connectivity index (χ1) is 19.6. The van der Waals surface area contributed by atoms with E-state index < -0.39 is 11.3 Å². The quantitative estimate of drug-likeness (QED) is 0.340. The van der Waals surface area contributed by atoms with Gasteiger partial charge in [-0.25, -0.2) is 5.48 Å². The fourth-order valence-corrected chi connectivity index (χ4v) is 7.70. The number of carbonyl (C=O) groups excluding carboxylic acids is 2. The molecule has 0 bridgehead atoms. The zero-order chi connectivity index (χ0) is 27.4. The molecule has 1 saturated heterocycles. The van der Waals surface area contributed by atoms with Crippen molar-refractivity contribution in [2.24, 2.45) is 5.41 Å². The number of nitrogens with one attached hydrogen (secondary N) is 1. The molecule has 2 unspecified atom stereocenters. The molecule has 3 fully saturated rings. The van der Waals surface area contributed by atoms with Crippen molar-refractivity contribution in [3.8, 4) is 17.0 Å². The number of hydrogen-bond donors (Lipinski definition) is 2. The molecule has 2 aliphatic carbocycles. The zero-order valence-electron chi connectivity index (χ0n) is 23.1. The van der Waals surface area contributed by atoms with Gasteiger partial charge < -0.3 is 18.9 Å². The van der Waals surface area contributed by atoms with Crippen molar-refractivity contribution in [1.29, 1.82) is 0 Å². The number of aromatic nitrogens is 1. The van der Waals surface area contributed by atoms with Crippen molar-refractivity contribution >= 4 is 22.7 Å². The van der Waals surface area contributed by atoms with Crippen LogP contribution in [0.3, 0.4) is 0 Å². The van der Waals surface area contributed by atoms with Gasteiger partial charge in [0.15, 0.2) is 0 Å². The maximum absolute atomic E-state index is 14.3. The molecule has 7 rings (SSSR count). The highest BCUT2D eigenvalue weighted by atomic mass is 16.5. The molecule has 2 amide bonds. The Morgan fingerprint density at radius 3 is 2.65 bits per heavy atom. The molecule has 8 nitrogen and oxygen atoms in total. The fourth-order valence-electron chi connectivity index (χ4n) is 7.70. The number of amides is 2. The van der Waals surface area contributed by atoms with Crippen molar-refractivity contribution in [3.63, 3.8) is 0 Å². The lowest BCUT2D eigenvalue weighted by molar-refractivity contribution is -0.141. The molecule has 40 heavy (non-hydrogen) atoms. The van der Waals surface area contributed by atoms with Crippen molar-refractivity contribution in [2.75, 3.05) is 32.9 Å². The first-order valence-corrected chi connectivity index (χ1v) is 14.8. The Bertz CT molecular complexity index is 1480. The second kappa shape index (κ2) is 9.93. The third kappa shape index (κ3) is 3.95. The van der Waals surface area contributed by atoms with Crippen LogP contribution in [-0.4, -0.2) is 59.4 Å². The molecule has 0 radical (unpaired) electrons. The van der Waals surface area contributed by atoms with E-state index in [1.54, 1.807) is 11.5 Å². The van der Waals surface area contributed by atoms with Crippen LogP contribution >= 0.6 is 0 Å². The number of carbonyl (C=O) groups is 2. The Morgan fingerprint density at radius 2 is 1.90 bits per heavy atom. The van der Waals surface area contributed by atoms with Crippen LogP contribution in [0.5, 0.6) is 5.75 Å². The van der Waals surface area contributed by atoms with Gasteiger partial charge >= 0.3 is 0 Å². The van der Waals surface area contributed by atoms with Gasteiger partial charge in [-0.05, 0) is 73.6 Å². The second-order valence-electron chi connectivity index (χ2n) is 11.9. The monoisotopic (exact) mass is 543 g/mol. The predicted octanol–water partition coefficient (Wildman–Crippen LogP) is 5.22. The Kier molecular flexibility index (Phi) is 6.35. The Balaban J connectivity index is 1.48. The molecular weight excluding hydrogens is 506 g/mol. The van der Waals surface area contributed by atoms with Crippen molar-refractivity contribution < 1.29 is 24.3 Å². The van der Waals surface area contributed by atoms with Gasteiger partial charge in [0.2, 0.25) is 5.91 Å². The van der Waals surface area contributed by atoms with Gasteiger partial charge in [-0.15, -0.1) is 0 Å². The van der Waals surface area contributed by atoms with Gasteiger partial charge in [0.25, 0.3) is 5.91 Å². The van der Waals surface area contributed by atoms with Crippen molar-refractivity contribution in [3.05, 3.63) is 53.1 Å². The van der Waals surface area contributed by atoms with Crippen LogP contribution in [0.25, 0.3) is 22.2 Å². The number of benzene rings is 2. The summed E-state index contributed by atoms with van der Waals surface area (Å²) in [4.78, 5) is 28.8. The summed E-state index contributed by atoms with van der Waals surface area (Å²) < 4.78 is 13.8. The van der Waals surface area contributed by atoms with Crippen molar-refractivity contribution in [2.45, 2.75) is 63.8 Å². The van der Waals surface area contributed by atoms with E-state index in [2.05, 4.69) is 22.8 Å². The number of morpholine rings is 1. The van der Waals surface area contributed by atoms with E-state index in [9.17, 15) is 14.8 Å². The minimum Gasteiger partial charge on any atom is -0.494 e. The minimum absolute atomic E-state index is 0.108. The first kappa shape index (κ1) is 25.6. The summed E-state index contributed by atoms with van der Waals surface area (Å²) in [5.74, 6) is 1.04. The Labute approximate surface area is 234 Å². The molecule has 4 aliphatic rings. The van der Waals surface area contributed by atoms with Gasteiger partial charge in [0, 0.05) is 47.6 Å². The third-order valence-electron chi connectivity index (χ3n) is 9.69. The van der Waals surface area contributed by atoms with Crippen LogP contribution < -0.4 is 10.2 Å². The highest BCUT2D eigenvalue weighted by Crippen LogP contribution is 2.66. The van der Waals surface area contributed by atoms with Crippen LogP contribution in [0.4, 0.5) is 0 Å². The van der Waals surface area contributed by atoms with Crippen LogP contribution in [0, 0.1) is 5.41 Å². The van der Waals surface area contributed by atoms with E-state index >= 15 is 0 Å². The summed E-state index contributed by atoms with van der Waals surface area (Å²) in [6, 6.07) is 12.1. The maximum atomic E-state index is 14.3. The topological polar surface area (TPSA) is 93.0 Å². The van der Waals surface area contributed by atoms with E-state index in [0.29, 0.717) is 50.9 Å². The second-order valence-corrected chi connectivity index (χ2v) is 11.9. The normalized spacial score (nSPS) is 24.1. The lowest BCUT2D eigenvalue weighted by Gasteiger charge is -2.31. The summed E-state index contributed by atoms with van der Waals surface area (Å²) in [5, 5.41) is 10.5. The molecule has 1 aromatic heterocycles. The van der Waals surface area contributed by atoms with Crippen LogP contribution in [0.15, 0.2) is 36.4 Å². The first-order valence-electron chi connectivity index (χ1n) is 14.8. The number of hydroxylamine groups is 1. The smallest absolute Gasteiger partial charge is 0.274 e. The molecule has 2 aliphatic heterocycles. The van der Waals surface area contributed by atoms with Crippen LogP contribution in [0.1, 0.15) is 78.8 Å². The molecule has 210 valence electrons. The maximum Gasteiger partial charge on any atom is 0.274 e. The van der Waals surface area contributed by atoms with Crippen LogP contribution in [-0.2, 0) is 16.1 Å². The Morgan fingerprint density at radius 1 is 1.10 bits per heavy atom. The molecule has 2 aromatic carbocycles. The molecule has 2 atom stereocenters. The summed E-state index contributed by atoms with van der Waals surface area (Å²) >= 11 is 0. The molecule has 3 heterocycles. The third-order valence-corrected chi connectivity index (χ3v) is 9.69. The van der Waals surface area contributed by atoms with Crippen LogP contribution in [0.2, 0.25) is 0 Å². The average Bonchev–Trinajstić information content (AvgIpc) is 3.67. The lowest BCUT2D eigenvalue weighted by Crippen LogP contribution is -2.45. The predicted molar refractivity (Wildman–Crippen MR) is 151 cm³/mol. The van der Waals surface area contributed by atoms with E-state index in [0.717, 1.165) is 35.9 Å². The molecule has 8 heteroatoms. The zero-order valence-corrected chi connectivity index (χ0v) is 23.1. The van der Waals surface area contributed by atoms with Gasteiger partial charge in [-0.2, -0.15) is 0 Å². The molecule has 2 N–H and O–H groups in total. The van der Waals surface area contributed by atoms with Gasteiger partial charge in [-0.1, -0.05) is 25.3 Å². The van der Waals surface area contributed by atoms with Crippen molar-refractivity contribution in [1.82, 2.24) is 14.9 Å². The standard InChI is InChI=1S/C32H37N3O5/c1-2-40-22-9-11-23-25(17-22)26-18-32(26,31(37)34-12-14-39-15-13-34)19-35-27-16-21(30(36)33-38)8-10-24(27)28(29(23)35)20-6-4-3-5-7-20/h8-11,16-17,20,26,38H,2-7,12-15,18-19H2,1H3,(H,33,36). The number of ether oxygens (including phenoxy) is 2. The van der Waals surface area contributed by atoms with Gasteiger partial charge in [0.1, 0.15) is 5.75 Å². The highest BCUT2D eigenvalue weighted by Gasteiger charge is 2.63. The fraction of sp³-hybridized carbons (Fsp3) is 0.500. The van der Waals surface area contributed by atoms with E-state index in [1.807, 2.05) is 24.0 Å². The van der Waals surface area contributed by atoms with E-state index in [1.165, 1.54) is 41.6 Å². The summed E-state index contributed by atoms with van der Waals surface area (Å²) in [5.41, 5.74) is 7.50. The molecular formula is C32H37N3O5. The number of hydrogen-bond acceptors (Lipinski definition) is 5. The number of rotatable bonds is 5. The number of fused-ring (bicyclic) bond motifs is 7. The summed E-state index contributed by atoms with van der Waals surface area (Å²) in [6.07, 6.45) is 6.75. The molecule has 0 spiro atoms. The van der Waals surface area contributed by atoms with Gasteiger partial charge in [0.05, 0.1) is 30.9 Å². The minimum atomic E-state index is -0.548. The molecule has 3 aromatic rings. The lowest BCUT2D eigenvalue weighted by atomic mass is 9.81. The number of nitrogens with zero attached hydrogens (tertiary/aromatic N) is 2. The van der Waals surface area contributed by atoms with Gasteiger partial charge in [-0.3, -0.25) is 14.8 Å². The molecule has 2 saturated carbocycles. The average molecular weight is 544 g/mol. The SMILES string of the molecule is CCOc1ccc2c(c1)C1CC1(C(=O)N1CCOCC1)Cn1c-2c(C2CCCCC2)c2ccc(C(=O)NO)cc21. The summed E-state index contributed by atoms with van der Waals surface area (Å²) in [7, 11) is 0. The van der Waals surface area contributed by atoms with E-state index in [-0.39, 0.29) is 11.8 Å². The Hall–Kier alpha value is -3.36. The largest absolute Gasteiger partial charge is 0.494 e. The highest BCUT2D eigenvalue weighted by molar-refractivity contribution is 6.01. The summed E-state index contributed by atoms with van der Waals surface area (Å²) in [6.45, 7) is 5.52.